The van der Waals surface area contributed by atoms with Crippen molar-refractivity contribution in [3.63, 3.8) is 0 Å². The zero-order valence-electron chi connectivity index (χ0n) is 10.4. The Morgan fingerprint density at radius 1 is 1.47 bits per heavy atom. The lowest BCUT2D eigenvalue weighted by Crippen LogP contribution is -2.03. The van der Waals surface area contributed by atoms with E-state index < -0.39 is 6.43 Å². The van der Waals surface area contributed by atoms with Gasteiger partial charge in [-0.2, -0.15) is 0 Å². The van der Waals surface area contributed by atoms with Gasteiger partial charge in [0.15, 0.2) is 0 Å². The maximum absolute atomic E-state index is 12.7. The summed E-state index contributed by atoms with van der Waals surface area (Å²) in [4.78, 5) is 4.30. The second kappa shape index (κ2) is 5.11. The predicted molar refractivity (Wildman–Crippen MR) is 70.6 cm³/mol. The van der Waals surface area contributed by atoms with Crippen molar-refractivity contribution in [2.24, 2.45) is 0 Å². The highest BCUT2D eigenvalue weighted by Crippen LogP contribution is 2.29. The molecule has 1 aromatic carbocycles. The van der Waals surface area contributed by atoms with Crippen molar-refractivity contribution in [1.82, 2.24) is 9.55 Å². The number of nitrogen functional groups attached to an aromatic ring is 1. The Bertz CT molecular complexity index is 639. The first kappa shape index (κ1) is 13.1. The average molecular weight is 261 g/mol. The third-order valence-electron chi connectivity index (χ3n) is 2.86. The molecule has 0 spiro atoms. The maximum Gasteiger partial charge on any atom is 0.263 e. The second-order valence-electron chi connectivity index (χ2n) is 4.11. The molecule has 0 bridgehead atoms. The van der Waals surface area contributed by atoms with Crippen LogP contribution in [-0.2, 0) is 6.54 Å². The monoisotopic (exact) mass is 261 g/mol. The molecule has 2 aromatic rings. The maximum atomic E-state index is 12.7. The molecule has 0 aliphatic carbocycles. The summed E-state index contributed by atoms with van der Waals surface area (Å²) in [6, 6.07) is 6.02. The lowest BCUT2D eigenvalue weighted by molar-refractivity contribution is 0.151. The molecule has 3 nitrogen and oxygen atoms in total. The normalized spacial score (nSPS) is 10.7. The van der Waals surface area contributed by atoms with Gasteiger partial charge >= 0.3 is 0 Å². The van der Waals surface area contributed by atoms with Gasteiger partial charge in [-0.05, 0) is 13.0 Å². The number of hydrogen-bond donors (Lipinski definition) is 1. The summed E-state index contributed by atoms with van der Waals surface area (Å²) >= 11 is 0. The van der Waals surface area contributed by atoms with Crippen molar-refractivity contribution in [2.75, 3.05) is 5.73 Å². The summed E-state index contributed by atoms with van der Waals surface area (Å²) in [6.45, 7) is 2.08. The molecule has 0 unspecified atom stereocenters. The van der Waals surface area contributed by atoms with E-state index in [1.54, 1.807) is 23.6 Å². The van der Waals surface area contributed by atoms with Gasteiger partial charge in [-0.15, -0.1) is 6.42 Å². The van der Waals surface area contributed by atoms with Crippen molar-refractivity contribution < 1.29 is 8.78 Å². The highest BCUT2D eigenvalue weighted by molar-refractivity contribution is 5.71. The number of rotatable bonds is 3. The SMILES string of the molecule is C#CCn1c(C)nc(-c2cccc(C(F)F)c2)c1N. The van der Waals surface area contributed by atoms with E-state index in [0.29, 0.717) is 29.4 Å². The number of aromatic nitrogens is 2. The molecule has 2 N–H and O–H groups in total. The number of benzene rings is 1. The average Bonchev–Trinajstić information content (AvgIpc) is 2.67. The van der Waals surface area contributed by atoms with Crippen LogP contribution in [0.2, 0.25) is 0 Å². The molecular formula is C14H13F2N3. The molecule has 0 saturated carbocycles. The number of imidazole rings is 1. The molecule has 1 heterocycles. The van der Waals surface area contributed by atoms with Gasteiger partial charge in [-0.25, -0.2) is 13.8 Å². The minimum Gasteiger partial charge on any atom is -0.383 e. The fraction of sp³-hybridized carbons (Fsp3) is 0.214. The largest absolute Gasteiger partial charge is 0.383 e. The zero-order valence-corrected chi connectivity index (χ0v) is 10.4. The number of hydrogen-bond acceptors (Lipinski definition) is 2. The molecule has 19 heavy (non-hydrogen) atoms. The number of aryl methyl sites for hydroxylation is 1. The van der Waals surface area contributed by atoms with Crippen LogP contribution in [0, 0.1) is 19.3 Å². The lowest BCUT2D eigenvalue weighted by Gasteiger charge is -2.05. The molecular weight excluding hydrogens is 248 g/mol. The topological polar surface area (TPSA) is 43.8 Å². The van der Waals surface area contributed by atoms with E-state index in [1.165, 1.54) is 12.1 Å². The van der Waals surface area contributed by atoms with E-state index in [1.807, 2.05) is 0 Å². The molecule has 0 aliphatic rings. The van der Waals surface area contributed by atoms with Gasteiger partial charge < -0.3 is 10.3 Å². The Balaban J connectivity index is 2.51. The summed E-state index contributed by atoms with van der Waals surface area (Å²) in [5.74, 6) is 3.53. The van der Waals surface area contributed by atoms with Gasteiger partial charge in [-0.1, -0.05) is 24.1 Å². The third-order valence-corrected chi connectivity index (χ3v) is 2.86. The first-order valence-corrected chi connectivity index (χ1v) is 5.69. The summed E-state index contributed by atoms with van der Waals surface area (Å²) < 4.78 is 27.0. The molecule has 2 rings (SSSR count). The second-order valence-corrected chi connectivity index (χ2v) is 4.11. The molecule has 0 aliphatic heterocycles. The molecule has 0 radical (unpaired) electrons. The van der Waals surface area contributed by atoms with Gasteiger partial charge in [0.2, 0.25) is 0 Å². The first-order valence-electron chi connectivity index (χ1n) is 5.69. The Morgan fingerprint density at radius 3 is 2.84 bits per heavy atom. The highest BCUT2D eigenvalue weighted by Gasteiger charge is 2.15. The van der Waals surface area contributed by atoms with Crippen LogP contribution in [0.3, 0.4) is 0 Å². The standard InChI is InChI=1S/C14H13F2N3/c1-3-7-19-9(2)18-12(14(19)17)10-5-4-6-11(8-10)13(15)16/h1,4-6,8,13H,7,17H2,2H3. The van der Waals surface area contributed by atoms with Crippen molar-refractivity contribution in [1.29, 1.82) is 0 Å². The van der Waals surface area contributed by atoms with E-state index in [9.17, 15) is 8.78 Å². The summed E-state index contributed by atoms with van der Waals surface area (Å²) in [5, 5.41) is 0. The fourth-order valence-corrected chi connectivity index (χ4v) is 1.91. The van der Waals surface area contributed by atoms with Gasteiger partial charge in [-0.3, -0.25) is 0 Å². The Kier molecular flexibility index (Phi) is 3.52. The van der Waals surface area contributed by atoms with E-state index in [4.69, 9.17) is 12.2 Å². The quantitative estimate of drug-likeness (QED) is 0.863. The Labute approximate surface area is 110 Å². The van der Waals surface area contributed by atoms with E-state index >= 15 is 0 Å². The van der Waals surface area contributed by atoms with Crippen LogP contribution in [0.5, 0.6) is 0 Å². The number of anilines is 1. The highest BCUT2D eigenvalue weighted by atomic mass is 19.3. The molecule has 98 valence electrons. The first-order chi connectivity index (χ1) is 9.04. The van der Waals surface area contributed by atoms with Crippen molar-refractivity contribution in [3.05, 3.63) is 35.7 Å². The smallest absolute Gasteiger partial charge is 0.263 e. The van der Waals surface area contributed by atoms with Crippen LogP contribution >= 0.6 is 0 Å². The number of halogens is 2. The van der Waals surface area contributed by atoms with Crippen LogP contribution in [0.15, 0.2) is 24.3 Å². The van der Waals surface area contributed by atoms with E-state index in [2.05, 4.69) is 10.9 Å². The third kappa shape index (κ3) is 2.43. The van der Waals surface area contributed by atoms with Gasteiger partial charge in [0.05, 0.1) is 6.54 Å². The summed E-state index contributed by atoms with van der Waals surface area (Å²) in [5.41, 5.74) is 6.96. The molecule has 1 aromatic heterocycles. The van der Waals surface area contributed by atoms with Crippen molar-refractivity contribution >= 4 is 5.82 Å². The Morgan fingerprint density at radius 2 is 2.21 bits per heavy atom. The molecule has 5 heteroatoms. The lowest BCUT2D eigenvalue weighted by atomic mass is 10.1. The number of alkyl halides is 2. The summed E-state index contributed by atoms with van der Waals surface area (Å²) in [6.07, 6.45) is 2.74. The molecule has 0 saturated heterocycles. The van der Waals surface area contributed by atoms with E-state index in [0.717, 1.165) is 0 Å². The van der Waals surface area contributed by atoms with Gasteiger partial charge in [0.25, 0.3) is 6.43 Å². The van der Waals surface area contributed by atoms with Crippen LogP contribution in [0.25, 0.3) is 11.3 Å². The minimum atomic E-state index is -2.52. The Hall–Kier alpha value is -2.35. The van der Waals surface area contributed by atoms with Gasteiger partial charge in [0.1, 0.15) is 17.3 Å². The zero-order chi connectivity index (χ0) is 14.0. The van der Waals surface area contributed by atoms with Crippen LogP contribution in [-0.4, -0.2) is 9.55 Å². The summed E-state index contributed by atoms with van der Waals surface area (Å²) in [7, 11) is 0. The van der Waals surface area contributed by atoms with Crippen LogP contribution < -0.4 is 5.73 Å². The number of terminal acetylenes is 1. The van der Waals surface area contributed by atoms with Crippen LogP contribution in [0.1, 0.15) is 17.8 Å². The van der Waals surface area contributed by atoms with Crippen molar-refractivity contribution in [2.45, 2.75) is 19.9 Å². The minimum absolute atomic E-state index is 0.0546. The molecule has 0 amide bonds. The van der Waals surface area contributed by atoms with Crippen LogP contribution in [0.4, 0.5) is 14.6 Å². The molecule has 0 fully saturated rings. The van der Waals surface area contributed by atoms with E-state index in [-0.39, 0.29) is 5.56 Å². The predicted octanol–water partition coefficient (Wildman–Crippen LogP) is 3.01. The van der Waals surface area contributed by atoms with Crippen molar-refractivity contribution in [3.8, 4) is 23.6 Å². The van der Waals surface area contributed by atoms with Gasteiger partial charge in [0, 0.05) is 11.1 Å². The molecule has 0 atom stereocenters. The number of nitrogens with zero attached hydrogens (tertiary/aromatic N) is 2. The number of nitrogens with two attached hydrogens (primary N) is 1. The fourth-order valence-electron chi connectivity index (χ4n) is 1.91.